The molecule has 0 saturated carbocycles. The van der Waals surface area contributed by atoms with Crippen LogP contribution in [-0.4, -0.2) is 24.5 Å². The maximum atomic E-state index is 6.17. The van der Waals surface area contributed by atoms with Crippen molar-refractivity contribution in [3.63, 3.8) is 0 Å². The van der Waals surface area contributed by atoms with Crippen LogP contribution in [0.15, 0.2) is 34.6 Å². The first kappa shape index (κ1) is 18.7. The van der Waals surface area contributed by atoms with E-state index in [2.05, 4.69) is 45.9 Å². The Morgan fingerprint density at radius 1 is 1.29 bits per heavy atom. The molecule has 0 saturated heterocycles. The minimum Gasteiger partial charge on any atom is -0.356 e. The van der Waals surface area contributed by atoms with Gasteiger partial charge in [-0.1, -0.05) is 43.6 Å². The first-order valence-corrected chi connectivity index (χ1v) is 9.48. The van der Waals surface area contributed by atoms with Crippen molar-refractivity contribution in [2.75, 3.05) is 13.6 Å². The van der Waals surface area contributed by atoms with Gasteiger partial charge in [0.1, 0.15) is 5.01 Å². The van der Waals surface area contributed by atoms with Gasteiger partial charge in [0.25, 0.3) is 0 Å². The van der Waals surface area contributed by atoms with Crippen LogP contribution in [-0.2, 0) is 13.0 Å². The van der Waals surface area contributed by atoms with E-state index in [1.165, 1.54) is 5.56 Å². The monoisotopic (exact) mass is 364 g/mol. The number of benzene rings is 1. The first-order valence-electron chi connectivity index (χ1n) is 8.22. The highest BCUT2D eigenvalue weighted by Gasteiger charge is 2.06. The van der Waals surface area contributed by atoms with Gasteiger partial charge in [-0.3, -0.25) is 4.99 Å². The Kier molecular flexibility index (Phi) is 7.53. The van der Waals surface area contributed by atoms with Gasteiger partial charge in [0.05, 0.1) is 12.2 Å². The van der Waals surface area contributed by atoms with Crippen LogP contribution in [0.3, 0.4) is 0 Å². The van der Waals surface area contributed by atoms with Crippen molar-refractivity contribution in [3.8, 4) is 0 Å². The molecule has 24 heavy (non-hydrogen) atoms. The SMILES string of the molecule is CN=C(NCCCc1ccccc1Cl)NCc1nc(C(C)C)cs1. The van der Waals surface area contributed by atoms with E-state index in [0.717, 1.165) is 41.1 Å². The molecular formula is C18H25ClN4S. The lowest BCUT2D eigenvalue weighted by molar-refractivity contribution is 0.738. The Bertz CT molecular complexity index is 667. The van der Waals surface area contributed by atoms with Gasteiger partial charge >= 0.3 is 0 Å². The van der Waals surface area contributed by atoms with Crippen LogP contribution >= 0.6 is 22.9 Å². The lowest BCUT2D eigenvalue weighted by atomic mass is 10.1. The molecule has 1 aromatic heterocycles. The predicted octanol–water partition coefficient (Wildman–Crippen LogP) is 4.22. The summed E-state index contributed by atoms with van der Waals surface area (Å²) in [6.45, 7) is 5.86. The van der Waals surface area contributed by atoms with Gasteiger partial charge in [-0.05, 0) is 30.4 Å². The van der Waals surface area contributed by atoms with Gasteiger partial charge in [-0.25, -0.2) is 4.98 Å². The summed E-state index contributed by atoms with van der Waals surface area (Å²) in [7, 11) is 1.78. The number of hydrogen-bond acceptors (Lipinski definition) is 3. The van der Waals surface area contributed by atoms with Crippen LogP contribution in [0.1, 0.15) is 42.5 Å². The van der Waals surface area contributed by atoms with E-state index in [0.29, 0.717) is 12.5 Å². The Morgan fingerprint density at radius 2 is 2.08 bits per heavy atom. The van der Waals surface area contributed by atoms with E-state index >= 15 is 0 Å². The van der Waals surface area contributed by atoms with Gasteiger partial charge in [0.15, 0.2) is 5.96 Å². The van der Waals surface area contributed by atoms with E-state index in [-0.39, 0.29) is 0 Å². The molecule has 0 amide bonds. The van der Waals surface area contributed by atoms with E-state index in [1.54, 1.807) is 18.4 Å². The lowest BCUT2D eigenvalue weighted by Gasteiger charge is -2.11. The molecule has 0 aliphatic rings. The molecule has 1 heterocycles. The van der Waals surface area contributed by atoms with E-state index < -0.39 is 0 Å². The summed E-state index contributed by atoms with van der Waals surface area (Å²) < 4.78 is 0. The normalized spacial score (nSPS) is 11.8. The maximum Gasteiger partial charge on any atom is 0.191 e. The van der Waals surface area contributed by atoms with Crippen LogP contribution in [0.2, 0.25) is 5.02 Å². The third-order valence-electron chi connectivity index (χ3n) is 3.66. The second-order valence-corrected chi connectivity index (χ2v) is 7.22. The second kappa shape index (κ2) is 9.64. The van der Waals surface area contributed by atoms with E-state index in [4.69, 9.17) is 11.6 Å². The number of aryl methyl sites for hydroxylation is 1. The summed E-state index contributed by atoms with van der Waals surface area (Å²) in [5.41, 5.74) is 2.34. The molecule has 2 aromatic rings. The number of hydrogen-bond donors (Lipinski definition) is 2. The van der Waals surface area contributed by atoms with Crippen LogP contribution in [0.4, 0.5) is 0 Å². The molecule has 2 N–H and O–H groups in total. The Morgan fingerprint density at radius 3 is 2.75 bits per heavy atom. The van der Waals surface area contributed by atoms with Crippen molar-refractivity contribution in [1.82, 2.24) is 15.6 Å². The standard InChI is InChI=1S/C18H25ClN4S/c1-13(2)16-12-24-17(23-16)11-22-18(20-3)21-10-6-8-14-7-4-5-9-15(14)19/h4-5,7,9,12-13H,6,8,10-11H2,1-3H3,(H2,20,21,22). The topological polar surface area (TPSA) is 49.3 Å². The molecule has 0 spiro atoms. The van der Waals surface area contributed by atoms with Crippen molar-refractivity contribution < 1.29 is 0 Å². The zero-order valence-corrected chi connectivity index (χ0v) is 16.0. The largest absolute Gasteiger partial charge is 0.356 e. The number of nitrogens with zero attached hydrogens (tertiary/aromatic N) is 2. The molecule has 6 heteroatoms. The summed E-state index contributed by atoms with van der Waals surface area (Å²) in [4.78, 5) is 8.87. The number of nitrogens with one attached hydrogen (secondary N) is 2. The molecule has 130 valence electrons. The van der Waals surface area contributed by atoms with Crippen molar-refractivity contribution >= 4 is 28.9 Å². The lowest BCUT2D eigenvalue weighted by Crippen LogP contribution is -2.37. The molecule has 0 unspecified atom stereocenters. The average Bonchev–Trinajstić information content (AvgIpc) is 3.05. The molecule has 0 fully saturated rings. The van der Waals surface area contributed by atoms with Crippen molar-refractivity contribution in [2.24, 2.45) is 4.99 Å². The minimum atomic E-state index is 0.470. The fraction of sp³-hybridized carbons (Fsp3) is 0.444. The minimum absolute atomic E-state index is 0.470. The van der Waals surface area contributed by atoms with Gasteiger partial charge in [-0.15, -0.1) is 11.3 Å². The van der Waals surface area contributed by atoms with Gasteiger partial charge in [0.2, 0.25) is 0 Å². The summed E-state index contributed by atoms with van der Waals surface area (Å²) in [6, 6.07) is 7.99. The average molecular weight is 365 g/mol. The quantitative estimate of drug-likeness (QED) is 0.439. The smallest absolute Gasteiger partial charge is 0.191 e. The molecule has 0 radical (unpaired) electrons. The van der Waals surface area contributed by atoms with Crippen LogP contribution in [0, 0.1) is 0 Å². The third kappa shape index (κ3) is 5.80. The Hall–Kier alpha value is -1.59. The predicted molar refractivity (Wildman–Crippen MR) is 104 cm³/mol. The fourth-order valence-electron chi connectivity index (χ4n) is 2.24. The van der Waals surface area contributed by atoms with Gasteiger partial charge < -0.3 is 10.6 Å². The summed E-state index contributed by atoms with van der Waals surface area (Å²) >= 11 is 7.86. The first-order chi connectivity index (χ1) is 11.6. The van der Waals surface area contributed by atoms with Crippen molar-refractivity contribution in [2.45, 2.75) is 39.2 Å². The molecular weight excluding hydrogens is 340 g/mol. The van der Waals surface area contributed by atoms with E-state index in [1.807, 2.05) is 18.2 Å². The second-order valence-electron chi connectivity index (χ2n) is 5.87. The van der Waals surface area contributed by atoms with Crippen molar-refractivity contribution in [1.29, 1.82) is 0 Å². The highest BCUT2D eigenvalue weighted by atomic mass is 35.5. The summed E-state index contributed by atoms with van der Waals surface area (Å²) in [5.74, 6) is 1.27. The molecule has 4 nitrogen and oxygen atoms in total. The van der Waals surface area contributed by atoms with Crippen molar-refractivity contribution in [3.05, 3.63) is 50.9 Å². The van der Waals surface area contributed by atoms with Gasteiger partial charge in [0, 0.05) is 24.0 Å². The highest BCUT2D eigenvalue weighted by molar-refractivity contribution is 7.09. The molecule has 0 aliphatic carbocycles. The zero-order chi connectivity index (χ0) is 17.4. The summed E-state index contributed by atoms with van der Waals surface area (Å²) in [6.07, 6.45) is 1.95. The van der Waals surface area contributed by atoms with Crippen LogP contribution in [0.25, 0.3) is 0 Å². The molecule has 2 rings (SSSR count). The van der Waals surface area contributed by atoms with Crippen LogP contribution in [0.5, 0.6) is 0 Å². The maximum absolute atomic E-state index is 6.17. The van der Waals surface area contributed by atoms with E-state index in [9.17, 15) is 0 Å². The molecule has 0 atom stereocenters. The van der Waals surface area contributed by atoms with Gasteiger partial charge in [-0.2, -0.15) is 0 Å². The number of guanidine groups is 1. The zero-order valence-electron chi connectivity index (χ0n) is 14.5. The third-order valence-corrected chi connectivity index (χ3v) is 4.90. The molecule has 1 aromatic carbocycles. The Balaban J connectivity index is 1.71. The number of rotatable bonds is 7. The molecule has 0 aliphatic heterocycles. The number of thiazole rings is 1. The number of aliphatic imine (C=N–C) groups is 1. The molecule has 0 bridgehead atoms. The highest BCUT2D eigenvalue weighted by Crippen LogP contribution is 2.17. The summed E-state index contributed by atoms with van der Waals surface area (Å²) in [5, 5.41) is 10.7. The number of halogens is 1. The fourth-order valence-corrected chi connectivity index (χ4v) is 3.36. The number of aromatic nitrogens is 1. The van der Waals surface area contributed by atoms with Crippen LogP contribution < -0.4 is 10.6 Å². The Labute approximate surface area is 153 Å².